The van der Waals surface area contributed by atoms with Crippen LogP contribution in [0.1, 0.15) is 71.8 Å². The molecule has 0 saturated carbocycles. The van der Waals surface area contributed by atoms with Crippen molar-refractivity contribution >= 4 is 24.1 Å². The minimum absolute atomic E-state index is 0. The molecule has 0 unspecified atom stereocenters. The number of rotatable bonds is 5. The van der Waals surface area contributed by atoms with Crippen molar-refractivity contribution in [2.45, 2.75) is 58.4 Å². The van der Waals surface area contributed by atoms with Gasteiger partial charge in [0.15, 0.2) is 11.5 Å². The lowest BCUT2D eigenvalue weighted by atomic mass is 9.93. The van der Waals surface area contributed by atoms with Crippen molar-refractivity contribution in [2.75, 3.05) is 6.54 Å². The lowest BCUT2D eigenvalue weighted by Crippen LogP contribution is -2.49. The van der Waals surface area contributed by atoms with Crippen molar-refractivity contribution in [3.05, 3.63) is 22.6 Å². The van der Waals surface area contributed by atoms with Gasteiger partial charge in [0.05, 0.1) is 5.56 Å². The number of nitrogens with two attached hydrogens (primary N) is 1. The minimum Gasteiger partial charge on any atom is -0.455 e. The number of ketones is 1. The molecule has 1 aliphatic carbocycles. The second-order valence-corrected chi connectivity index (χ2v) is 5.88. The Kier molecular flexibility index (Phi) is 6.20. The lowest BCUT2D eigenvalue weighted by molar-refractivity contribution is 0.0908. The third-order valence-electron chi connectivity index (χ3n) is 4.52. The van der Waals surface area contributed by atoms with Crippen LogP contribution in [0.15, 0.2) is 4.42 Å². The Morgan fingerprint density at radius 2 is 1.95 bits per heavy atom. The molecule has 0 fully saturated rings. The van der Waals surface area contributed by atoms with Crippen molar-refractivity contribution < 1.29 is 14.0 Å². The second-order valence-electron chi connectivity index (χ2n) is 5.88. The van der Waals surface area contributed by atoms with E-state index in [1.54, 1.807) is 6.92 Å². The number of furan rings is 1. The molecule has 0 aliphatic heterocycles. The van der Waals surface area contributed by atoms with Gasteiger partial charge in [-0.2, -0.15) is 0 Å². The van der Waals surface area contributed by atoms with Crippen molar-refractivity contribution in [3.63, 3.8) is 0 Å². The standard InChI is InChI=1S/C16H24N2O3.ClH/c1-4-16(17,5-2)9-18-15(20)14-10(3)13-11(19)7-6-8-12(13)21-14;/h4-9,17H2,1-3H3,(H,18,20);1H. The summed E-state index contributed by atoms with van der Waals surface area (Å²) >= 11 is 0. The Balaban J connectivity index is 0.00000242. The first-order chi connectivity index (χ1) is 9.91. The number of fused-ring (bicyclic) bond motifs is 1. The molecular formula is C16H25ClN2O3. The predicted octanol–water partition coefficient (Wildman–Crippen LogP) is 2.78. The Morgan fingerprint density at radius 1 is 1.32 bits per heavy atom. The highest BCUT2D eigenvalue weighted by Gasteiger charge is 2.29. The molecule has 1 aromatic heterocycles. The summed E-state index contributed by atoms with van der Waals surface area (Å²) in [6.45, 7) is 6.18. The first kappa shape index (κ1) is 18.7. The Morgan fingerprint density at radius 3 is 2.50 bits per heavy atom. The number of carbonyl (C=O) groups is 2. The Labute approximate surface area is 137 Å². The molecule has 2 rings (SSSR count). The molecule has 1 amide bonds. The first-order valence-electron chi connectivity index (χ1n) is 7.64. The maximum absolute atomic E-state index is 12.3. The molecule has 124 valence electrons. The highest BCUT2D eigenvalue weighted by atomic mass is 35.5. The first-order valence-corrected chi connectivity index (χ1v) is 7.64. The number of aryl methyl sites for hydroxylation is 1. The molecule has 1 aromatic rings. The van der Waals surface area contributed by atoms with Gasteiger partial charge in [-0.3, -0.25) is 9.59 Å². The van der Waals surface area contributed by atoms with Crippen LogP contribution in [-0.2, 0) is 6.42 Å². The molecule has 0 bridgehead atoms. The van der Waals surface area contributed by atoms with Gasteiger partial charge >= 0.3 is 0 Å². The summed E-state index contributed by atoms with van der Waals surface area (Å²) < 4.78 is 5.63. The van der Waals surface area contributed by atoms with Gasteiger partial charge in [0, 0.05) is 30.5 Å². The summed E-state index contributed by atoms with van der Waals surface area (Å²) in [6, 6.07) is 0. The summed E-state index contributed by atoms with van der Waals surface area (Å²) in [4.78, 5) is 24.2. The van der Waals surface area contributed by atoms with Gasteiger partial charge in [0.1, 0.15) is 5.76 Å². The topological polar surface area (TPSA) is 85.3 Å². The van der Waals surface area contributed by atoms with Crippen molar-refractivity contribution in [2.24, 2.45) is 5.73 Å². The maximum Gasteiger partial charge on any atom is 0.287 e. The largest absolute Gasteiger partial charge is 0.455 e. The number of hydrogen-bond donors (Lipinski definition) is 2. The van der Waals surface area contributed by atoms with Crippen LogP contribution in [-0.4, -0.2) is 23.8 Å². The van der Waals surface area contributed by atoms with Crippen LogP contribution in [0, 0.1) is 6.92 Å². The fourth-order valence-corrected chi connectivity index (χ4v) is 2.70. The molecule has 1 aliphatic rings. The molecule has 0 aromatic carbocycles. The summed E-state index contributed by atoms with van der Waals surface area (Å²) in [5, 5.41) is 2.84. The van der Waals surface area contributed by atoms with Gasteiger partial charge in [0.2, 0.25) is 0 Å². The van der Waals surface area contributed by atoms with Gasteiger partial charge in [-0.1, -0.05) is 13.8 Å². The number of Topliss-reactive ketones (excluding diaryl/α,β-unsaturated/α-hetero) is 1. The minimum atomic E-state index is -0.397. The van der Waals surface area contributed by atoms with Crippen LogP contribution in [0.4, 0.5) is 0 Å². The highest BCUT2D eigenvalue weighted by molar-refractivity contribution is 6.03. The van der Waals surface area contributed by atoms with Crippen LogP contribution in [0.3, 0.4) is 0 Å². The molecule has 22 heavy (non-hydrogen) atoms. The molecule has 0 spiro atoms. The fraction of sp³-hybridized carbons (Fsp3) is 0.625. The number of nitrogens with one attached hydrogen (secondary N) is 1. The van der Waals surface area contributed by atoms with Gasteiger partial charge in [-0.25, -0.2) is 0 Å². The van der Waals surface area contributed by atoms with E-state index in [0.717, 1.165) is 25.7 Å². The summed E-state index contributed by atoms with van der Waals surface area (Å²) in [6.07, 6.45) is 3.62. The van der Waals surface area contributed by atoms with Crippen LogP contribution in [0.2, 0.25) is 0 Å². The van der Waals surface area contributed by atoms with E-state index >= 15 is 0 Å². The average Bonchev–Trinajstić information content (AvgIpc) is 2.83. The van der Waals surface area contributed by atoms with Gasteiger partial charge in [-0.15, -0.1) is 12.4 Å². The average molecular weight is 329 g/mol. The quantitative estimate of drug-likeness (QED) is 0.870. The number of carbonyl (C=O) groups excluding carboxylic acids is 2. The van der Waals surface area contributed by atoms with Crippen molar-refractivity contribution in [3.8, 4) is 0 Å². The van der Waals surface area contributed by atoms with Crippen molar-refractivity contribution in [1.29, 1.82) is 0 Å². The van der Waals surface area contributed by atoms with Crippen LogP contribution in [0.25, 0.3) is 0 Å². The highest BCUT2D eigenvalue weighted by Crippen LogP contribution is 2.29. The summed E-state index contributed by atoms with van der Waals surface area (Å²) in [5.74, 6) is 0.696. The molecule has 0 atom stereocenters. The SMILES string of the molecule is CCC(N)(CC)CNC(=O)c1oc2c(c1C)C(=O)CCC2.Cl. The third-order valence-corrected chi connectivity index (χ3v) is 4.52. The number of hydrogen-bond acceptors (Lipinski definition) is 4. The second kappa shape index (κ2) is 7.29. The summed E-state index contributed by atoms with van der Waals surface area (Å²) in [5.41, 5.74) is 7.05. The van der Waals surface area contributed by atoms with Crippen molar-refractivity contribution in [1.82, 2.24) is 5.32 Å². The predicted molar refractivity (Wildman–Crippen MR) is 87.8 cm³/mol. The van der Waals surface area contributed by atoms with E-state index in [1.165, 1.54) is 0 Å². The van der Waals surface area contributed by atoms with E-state index in [2.05, 4.69) is 5.32 Å². The van der Waals surface area contributed by atoms with E-state index < -0.39 is 5.54 Å². The summed E-state index contributed by atoms with van der Waals surface area (Å²) in [7, 11) is 0. The van der Waals surface area contributed by atoms with Gasteiger partial charge in [-0.05, 0) is 26.2 Å². The molecule has 0 saturated heterocycles. The maximum atomic E-state index is 12.3. The van der Waals surface area contributed by atoms with E-state index in [1.807, 2.05) is 13.8 Å². The molecule has 1 heterocycles. The Bertz CT molecular complexity index is 562. The third kappa shape index (κ3) is 3.52. The van der Waals surface area contributed by atoms with E-state index in [4.69, 9.17) is 10.2 Å². The zero-order valence-electron chi connectivity index (χ0n) is 13.5. The van der Waals surface area contributed by atoms with E-state index in [-0.39, 0.29) is 29.9 Å². The van der Waals surface area contributed by atoms with Gasteiger partial charge < -0.3 is 15.5 Å². The van der Waals surface area contributed by atoms with E-state index in [9.17, 15) is 9.59 Å². The van der Waals surface area contributed by atoms with Crippen LogP contribution >= 0.6 is 12.4 Å². The van der Waals surface area contributed by atoms with E-state index in [0.29, 0.717) is 29.9 Å². The Hall–Kier alpha value is -1.33. The van der Waals surface area contributed by atoms with Crippen LogP contribution < -0.4 is 11.1 Å². The smallest absolute Gasteiger partial charge is 0.287 e. The van der Waals surface area contributed by atoms with Gasteiger partial charge in [0.25, 0.3) is 5.91 Å². The molecular weight excluding hydrogens is 304 g/mol. The zero-order chi connectivity index (χ0) is 15.6. The molecule has 5 nitrogen and oxygen atoms in total. The van der Waals surface area contributed by atoms with Crippen LogP contribution in [0.5, 0.6) is 0 Å². The zero-order valence-corrected chi connectivity index (χ0v) is 14.3. The number of halogens is 1. The molecule has 3 N–H and O–H groups in total. The number of amides is 1. The molecule has 0 radical (unpaired) electrons. The fourth-order valence-electron chi connectivity index (χ4n) is 2.70. The lowest BCUT2D eigenvalue weighted by Gasteiger charge is -2.26. The monoisotopic (exact) mass is 328 g/mol. The normalized spacial score (nSPS) is 14.3. The molecule has 6 heteroatoms.